The molecule has 0 N–H and O–H groups in total. The van der Waals surface area contributed by atoms with E-state index in [1.165, 1.54) is 9.13 Å². The lowest BCUT2D eigenvalue weighted by Gasteiger charge is -2.46. The van der Waals surface area contributed by atoms with Crippen LogP contribution in [-0.4, -0.2) is 15.8 Å². The van der Waals surface area contributed by atoms with Crippen LogP contribution < -0.4 is 26.2 Å². The molecule has 0 saturated heterocycles. The molecule has 0 atom stereocenters. The van der Waals surface area contributed by atoms with Crippen molar-refractivity contribution in [1.82, 2.24) is 9.13 Å². The number of anilines is 6. The molecule has 4 nitrogen and oxygen atoms in total. The van der Waals surface area contributed by atoms with Gasteiger partial charge in [-0.1, -0.05) is 327 Å². The maximum Gasteiger partial charge on any atom is 0.252 e. The summed E-state index contributed by atoms with van der Waals surface area (Å²) in [4.78, 5) is 4.39. The molecular formula is C113H121BN4. The molecule has 4 heterocycles. The number of aromatic nitrogens is 2. The smallest absolute Gasteiger partial charge is 0.252 e. The Balaban J connectivity index is 1.16. The Morgan fingerprint density at radius 3 is 0.797 bits per heavy atom. The van der Waals surface area contributed by atoms with E-state index in [-0.39, 0.29) is 55.0 Å². The van der Waals surface area contributed by atoms with E-state index in [9.17, 15) is 32.9 Å². The van der Waals surface area contributed by atoms with E-state index < -0.39 is 167 Å². The number of hydrogen-bond acceptors (Lipinski definition) is 2. The molecule has 0 saturated carbocycles. The van der Waals surface area contributed by atoms with Gasteiger partial charge in [-0.3, -0.25) is 0 Å². The third kappa shape index (κ3) is 16.1. The van der Waals surface area contributed by atoms with Crippen molar-refractivity contribution in [2.24, 2.45) is 37.9 Å². The zero-order valence-electron chi connectivity index (χ0n) is 96.2. The fourth-order valence-corrected chi connectivity index (χ4v) is 17.8. The van der Waals surface area contributed by atoms with E-state index in [0.717, 1.165) is 16.7 Å². The number of nitrogens with zero attached hydrogens (tertiary/aromatic N) is 4. The van der Waals surface area contributed by atoms with Crippen LogP contribution in [0.25, 0.3) is 99.5 Å². The summed E-state index contributed by atoms with van der Waals surface area (Å²) >= 11 is 0. The fraction of sp³-hybridized carbons (Fsp3) is 0.310. The number of benzene rings is 13. The molecule has 0 aliphatic carbocycles. The van der Waals surface area contributed by atoms with Crippen molar-refractivity contribution in [2.75, 3.05) is 9.80 Å². The quantitative estimate of drug-likeness (QED) is 0.0951. The minimum Gasteiger partial charge on any atom is -0.310 e. The maximum absolute atomic E-state index is 10.2. The molecule has 2 aliphatic rings. The zero-order chi connectivity index (χ0) is 104. The third-order valence-electron chi connectivity index (χ3n) is 21.4. The molecule has 15 aromatic rings. The van der Waals surface area contributed by atoms with Crippen LogP contribution >= 0.6 is 0 Å². The Kier molecular flexibility index (Phi) is 14.0. The fourth-order valence-electron chi connectivity index (χ4n) is 17.8. The highest BCUT2D eigenvalue weighted by atomic mass is 15.2. The summed E-state index contributed by atoms with van der Waals surface area (Å²) < 4.78 is 239. The van der Waals surface area contributed by atoms with Crippen molar-refractivity contribution >= 4 is 101 Å². The van der Waals surface area contributed by atoms with Gasteiger partial charge in [-0.2, -0.15) is 0 Å². The van der Waals surface area contributed by atoms with Crippen molar-refractivity contribution in [3.63, 3.8) is 0 Å². The van der Waals surface area contributed by atoms with Crippen molar-refractivity contribution in [1.29, 1.82) is 0 Å². The normalized spacial score (nSPS) is 16.9. The predicted molar refractivity (Wildman–Crippen MR) is 513 cm³/mol. The first-order valence-corrected chi connectivity index (χ1v) is 41.4. The highest BCUT2D eigenvalue weighted by Crippen LogP contribution is 2.56. The van der Waals surface area contributed by atoms with Crippen LogP contribution in [0.3, 0.4) is 0 Å². The predicted octanol–water partition coefficient (Wildman–Crippen LogP) is 29.8. The van der Waals surface area contributed by atoms with E-state index in [0.29, 0.717) is 137 Å². The van der Waals surface area contributed by atoms with E-state index in [4.69, 9.17) is 0 Å². The molecule has 0 unspecified atom stereocenters. The Morgan fingerprint density at radius 1 is 0.271 bits per heavy atom. The van der Waals surface area contributed by atoms with Crippen LogP contribution in [0.4, 0.5) is 34.1 Å². The van der Waals surface area contributed by atoms with E-state index in [1.54, 1.807) is 36.4 Å². The molecule has 596 valence electrons. The molecule has 13 aromatic carbocycles. The second-order valence-electron chi connectivity index (χ2n) is 40.3. The molecular weight excluding hydrogens is 1420 g/mol. The highest BCUT2D eigenvalue weighted by Gasteiger charge is 2.47. The summed E-state index contributed by atoms with van der Waals surface area (Å²) in [6.45, 7) is 40.6. The first-order valence-electron chi connectivity index (χ1n) is 53.4. The summed E-state index contributed by atoms with van der Waals surface area (Å²) in [6.07, 6.45) is -6.64. The molecule has 0 fully saturated rings. The molecule has 0 amide bonds. The van der Waals surface area contributed by atoms with Crippen molar-refractivity contribution < 1.29 is 32.9 Å². The van der Waals surface area contributed by atoms with Crippen LogP contribution in [0.2, 0.25) is 0 Å². The van der Waals surface area contributed by atoms with Gasteiger partial charge in [0.15, 0.2) is 0 Å². The number of fused-ring (bicyclic) bond motifs is 10. The van der Waals surface area contributed by atoms with E-state index in [2.05, 4.69) is 109 Å². The lowest BCUT2D eigenvalue weighted by atomic mass is 9.33. The highest BCUT2D eigenvalue weighted by molar-refractivity contribution is 7.00. The first kappa shape index (κ1) is 55.7. The summed E-state index contributed by atoms with van der Waals surface area (Å²) in [5.41, 5.74) is 7.64. The summed E-state index contributed by atoms with van der Waals surface area (Å²) in [7, 11) is 0. The maximum atomic E-state index is 10.2. The zero-order valence-corrected chi connectivity index (χ0v) is 72.2. The Labute approximate surface area is 738 Å². The minimum absolute atomic E-state index is 0.153. The molecule has 17 rings (SSSR count). The van der Waals surface area contributed by atoms with Gasteiger partial charge in [0.05, 0.1) is 55.4 Å². The van der Waals surface area contributed by atoms with E-state index in [1.807, 2.05) is 180 Å². The largest absolute Gasteiger partial charge is 0.310 e. The Morgan fingerprint density at radius 2 is 0.534 bits per heavy atom. The molecule has 2 aliphatic heterocycles. The van der Waals surface area contributed by atoms with Gasteiger partial charge in [0.1, 0.15) is 0 Å². The van der Waals surface area contributed by atoms with Crippen LogP contribution in [-0.2, 0) is 44.8 Å². The van der Waals surface area contributed by atoms with Crippen LogP contribution in [0.1, 0.15) is 217 Å². The minimum atomic E-state index is -1.98. The van der Waals surface area contributed by atoms with Crippen LogP contribution in [0.15, 0.2) is 267 Å². The number of rotatable bonds is 15. The van der Waals surface area contributed by atoms with Crippen molar-refractivity contribution in [2.45, 2.75) is 190 Å². The summed E-state index contributed by atoms with van der Waals surface area (Å²) in [5.74, 6) is 0. The number of hydrogen-bond donors (Lipinski definition) is 0. The van der Waals surface area contributed by atoms with Crippen molar-refractivity contribution in [3.8, 4) is 55.9 Å². The molecule has 2 aromatic heterocycles. The van der Waals surface area contributed by atoms with E-state index >= 15 is 0 Å². The SMILES string of the molecule is [2H]c1c([2H])c([2H])c2c(c1[2H])c1c([2H])c([2H])c([2H])c([2H])c1n2-c1ccc2c(c1)N(c1c(-c3cccc(C([2H])([2H])C(C)(C)C)c3)cc(CC(C)(C)C)cc1-c1cccc(C([2H])([2H])C(C)(C)C)c1)c1cc(CC(C)(C)C)cc3c1B2c1ccc(-n2c4c([2H])c([2H])c([2H])c([2H])c4c4c([2H])c([2H])c([2H])c([2H])c42)cc1N3c1c(-c2cccc(C([2H])([2H])C(C)(C)C)c2)cc(CC(C)(C)C)cc1-c1cccc(C([2H])([2H])C(C)(C)C)c1. The lowest BCUT2D eigenvalue weighted by Crippen LogP contribution is -2.61. The average Bonchev–Trinajstić information content (AvgIpc) is 1.34. The second-order valence-corrected chi connectivity index (χ2v) is 40.3. The van der Waals surface area contributed by atoms with Crippen molar-refractivity contribution in [3.05, 3.63) is 305 Å². The standard InChI is InChI=1S/C113H121BN4/c1-107(2,3)66-73-34-30-38-80(54-73)90-58-77(70-111(13,14)15)59-91(81-39-31-35-74(55-81)67-108(4,5)6)105(90)117-100-64-84(115-96-46-26-22-42-86(96)87-43-23-27-47-97(87)115)50-52-94(100)114-95-53-51-85(116-98-48-28-24-44-88(98)89-45-25-29-49-99(89)116)65-101(95)118(103-63-79(72-113(19,20)21)62-102(117)104(103)114)106-92(82-40-32-36-75(56-82)68-109(7,8)9)60-78(71-112(16,17)18)61-93(106)83-41-33-37-76(57-83)69-110(10,11)12/h22-65H,66-72H2,1-21H3/i22D,23D,24D,25D,26D,27D,28D,29D,42D,43D,44D,45D,46D,47D,48D,49D,66D2,67D2,68D2,69D2. The Bertz CT molecular complexity index is 7060. The van der Waals surface area contributed by atoms with Gasteiger partial charge in [-0.05, 0) is 245 Å². The van der Waals surface area contributed by atoms with Crippen LogP contribution in [0, 0.1) is 37.9 Å². The molecule has 118 heavy (non-hydrogen) atoms. The molecule has 5 heteroatoms. The van der Waals surface area contributed by atoms with Gasteiger partial charge in [-0.25, -0.2) is 0 Å². The number of para-hydroxylation sites is 4. The van der Waals surface area contributed by atoms with Gasteiger partial charge in [0, 0.05) is 88.9 Å². The average molecular weight is 1570 g/mol. The molecule has 0 bridgehead atoms. The van der Waals surface area contributed by atoms with Gasteiger partial charge < -0.3 is 18.9 Å². The van der Waals surface area contributed by atoms with Gasteiger partial charge in [0.25, 0.3) is 6.71 Å². The van der Waals surface area contributed by atoms with Gasteiger partial charge >= 0.3 is 0 Å². The van der Waals surface area contributed by atoms with Gasteiger partial charge in [0.2, 0.25) is 0 Å². The topological polar surface area (TPSA) is 16.3 Å². The third-order valence-corrected chi connectivity index (χ3v) is 21.4. The second kappa shape index (κ2) is 29.6. The Hall–Kier alpha value is -10.9. The molecule has 0 spiro atoms. The monoisotopic (exact) mass is 1570 g/mol. The lowest BCUT2D eigenvalue weighted by molar-refractivity contribution is 0.410. The van der Waals surface area contributed by atoms with Gasteiger partial charge in [-0.15, -0.1) is 0 Å². The summed E-state index contributed by atoms with van der Waals surface area (Å²) in [6, 6.07) is 44.7. The van der Waals surface area contributed by atoms with Crippen LogP contribution in [0.5, 0.6) is 0 Å². The first-order chi connectivity index (χ1) is 65.5. The molecule has 0 radical (unpaired) electrons. The summed E-state index contributed by atoms with van der Waals surface area (Å²) in [5, 5.41) is -0.651.